The van der Waals surface area contributed by atoms with Crippen molar-refractivity contribution < 1.29 is 9.90 Å². The summed E-state index contributed by atoms with van der Waals surface area (Å²) in [5, 5.41) is 9.92. The molecule has 0 bridgehead atoms. The van der Waals surface area contributed by atoms with Gasteiger partial charge in [0.05, 0.1) is 11.4 Å². The van der Waals surface area contributed by atoms with Gasteiger partial charge in [-0.1, -0.05) is 83.1 Å². The zero-order chi connectivity index (χ0) is 19.9. The minimum Gasteiger partial charge on any atom is -0.392 e. The van der Waals surface area contributed by atoms with Crippen LogP contribution < -0.4 is 0 Å². The van der Waals surface area contributed by atoms with Crippen LogP contribution in [-0.4, -0.2) is 22.3 Å². The highest BCUT2D eigenvalue weighted by molar-refractivity contribution is 6.40. The van der Waals surface area contributed by atoms with Crippen LogP contribution >= 0.6 is 23.2 Å². The summed E-state index contributed by atoms with van der Waals surface area (Å²) in [5.74, 6) is 0.319. The summed E-state index contributed by atoms with van der Waals surface area (Å²) in [6, 6.07) is 0. The van der Waals surface area contributed by atoms with Gasteiger partial charge >= 0.3 is 0 Å². The summed E-state index contributed by atoms with van der Waals surface area (Å²) in [4.78, 5) is 11.5. The summed E-state index contributed by atoms with van der Waals surface area (Å²) >= 11 is 9.53. The first-order valence-corrected chi connectivity index (χ1v) is 9.14. The molecule has 0 fully saturated rings. The fourth-order valence-corrected chi connectivity index (χ4v) is 2.42. The number of carbonyl (C=O) groups is 1. The summed E-state index contributed by atoms with van der Waals surface area (Å²) in [6.07, 6.45) is -0.236. The Bertz CT molecular complexity index is 293. The zero-order valence-electron chi connectivity index (χ0n) is 17.4. The number of halogens is 2. The van der Waals surface area contributed by atoms with Crippen LogP contribution in [0.15, 0.2) is 0 Å². The highest BCUT2D eigenvalue weighted by atomic mass is 35.5. The lowest BCUT2D eigenvalue weighted by molar-refractivity contribution is -0.134. The third-order valence-electron chi connectivity index (χ3n) is 3.00. The lowest BCUT2D eigenvalue weighted by Gasteiger charge is -2.36. The number of carbonyl (C=O) groups excluding carboxylic acids is 1. The molecule has 0 aliphatic carbocycles. The van der Waals surface area contributed by atoms with Crippen molar-refractivity contribution >= 4 is 29.0 Å². The molecule has 4 heteroatoms. The Balaban J connectivity index is -0.000000297. The second kappa shape index (κ2) is 10.3. The van der Waals surface area contributed by atoms with Gasteiger partial charge in [0.2, 0.25) is 0 Å². The molecule has 23 heavy (non-hydrogen) atoms. The van der Waals surface area contributed by atoms with E-state index in [1.54, 1.807) is 0 Å². The monoisotopic (exact) mass is 370 g/mol. The maximum Gasteiger partial charge on any atom is 0.143 e. The van der Waals surface area contributed by atoms with Gasteiger partial charge in [-0.15, -0.1) is 23.2 Å². The first-order chi connectivity index (χ1) is 9.72. The van der Waals surface area contributed by atoms with Crippen molar-refractivity contribution in [1.29, 1.82) is 0 Å². The minimum absolute atomic E-state index is 0.00174. The fourth-order valence-electron chi connectivity index (χ4n) is 2.42. The Kier molecular flexibility index (Phi) is 12.5. The predicted molar refractivity (Wildman–Crippen MR) is 105 cm³/mol. The van der Waals surface area contributed by atoms with E-state index in [1.165, 1.54) is 0 Å². The van der Waals surface area contributed by atoms with Gasteiger partial charge < -0.3 is 5.11 Å². The van der Waals surface area contributed by atoms with Crippen molar-refractivity contribution in [3.8, 4) is 0 Å². The number of aliphatic hydroxyl groups excluding tert-OH is 1. The molecule has 0 aliphatic rings. The van der Waals surface area contributed by atoms with Crippen LogP contribution in [0.1, 0.15) is 83.1 Å². The van der Waals surface area contributed by atoms with Gasteiger partial charge in [-0.3, -0.25) is 4.79 Å². The Hall–Kier alpha value is 0.210. The third-order valence-corrected chi connectivity index (χ3v) is 3.00. The third kappa shape index (κ3) is 15.5. The first-order valence-electron chi connectivity index (χ1n) is 8.07. The number of hydrogen-bond acceptors (Lipinski definition) is 2. The highest BCUT2D eigenvalue weighted by Gasteiger charge is 2.33. The van der Waals surface area contributed by atoms with E-state index in [0.717, 1.165) is 0 Å². The molecule has 142 valence electrons. The van der Waals surface area contributed by atoms with Crippen LogP contribution in [0, 0.1) is 21.7 Å². The molecule has 0 rings (SSSR count). The number of Topliss-reactive ketones (excluding diaryl/α,β-unsaturated/α-hetero) is 1. The van der Waals surface area contributed by atoms with E-state index in [1.807, 2.05) is 41.5 Å². The van der Waals surface area contributed by atoms with E-state index < -0.39 is 0 Å². The Labute approximate surface area is 155 Å². The van der Waals surface area contributed by atoms with Crippen LogP contribution in [0.4, 0.5) is 0 Å². The van der Waals surface area contributed by atoms with E-state index in [2.05, 4.69) is 41.5 Å². The zero-order valence-corrected chi connectivity index (χ0v) is 18.9. The van der Waals surface area contributed by atoms with Crippen LogP contribution in [0.25, 0.3) is 0 Å². The number of rotatable bonds is 0. The van der Waals surface area contributed by atoms with Crippen molar-refractivity contribution in [1.82, 2.24) is 0 Å². The number of alkyl halides is 2. The fraction of sp³-hybridized carbons (Fsp3) is 0.947. The van der Waals surface area contributed by atoms with Crippen molar-refractivity contribution in [3.63, 3.8) is 0 Å². The summed E-state index contributed by atoms with van der Waals surface area (Å²) < 4.78 is 0. The molecule has 0 aromatic carbocycles. The molecule has 1 N–H and O–H groups in total. The molecule has 0 saturated heterocycles. The highest BCUT2D eigenvalue weighted by Crippen LogP contribution is 2.32. The van der Waals surface area contributed by atoms with Gasteiger partial charge in [0.15, 0.2) is 0 Å². The van der Waals surface area contributed by atoms with Gasteiger partial charge in [0.1, 0.15) is 5.78 Å². The summed E-state index contributed by atoms with van der Waals surface area (Å²) in [5.41, 5.74) is -0.396. The number of hydrogen-bond donors (Lipinski definition) is 1. The molecule has 0 spiro atoms. The van der Waals surface area contributed by atoms with Gasteiger partial charge in [0, 0.05) is 10.8 Å². The molecule has 2 nitrogen and oxygen atoms in total. The van der Waals surface area contributed by atoms with Gasteiger partial charge in [0.25, 0.3) is 0 Å². The van der Waals surface area contributed by atoms with Crippen molar-refractivity contribution in [2.24, 2.45) is 21.7 Å². The van der Waals surface area contributed by atoms with Gasteiger partial charge in [-0.25, -0.2) is 0 Å². The quantitative estimate of drug-likeness (QED) is 0.493. The smallest absolute Gasteiger partial charge is 0.143 e. The van der Waals surface area contributed by atoms with Crippen LogP contribution in [0.5, 0.6) is 0 Å². The molecule has 0 unspecified atom stereocenters. The molecular formula is C19H40Cl2O2. The van der Waals surface area contributed by atoms with E-state index in [0.29, 0.717) is 5.78 Å². The number of ketones is 1. The second-order valence-corrected chi connectivity index (χ2v) is 10.9. The molecule has 0 amide bonds. The van der Waals surface area contributed by atoms with Crippen molar-refractivity contribution in [2.75, 3.05) is 5.34 Å². The molecule has 0 heterocycles. The van der Waals surface area contributed by atoms with Gasteiger partial charge in [-0.2, -0.15) is 0 Å². The lowest BCUT2D eigenvalue weighted by Crippen LogP contribution is -2.37. The largest absolute Gasteiger partial charge is 0.392 e. The molecule has 0 atom stereocenters. The Morgan fingerprint density at radius 1 is 0.739 bits per heavy atom. The average Bonchev–Trinajstić information content (AvgIpc) is 2.24. The van der Waals surface area contributed by atoms with Crippen LogP contribution in [-0.2, 0) is 4.79 Å². The molecule has 0 aromatic rings. The number of aliphatic hydroxyl groups is 1. The molecular weight excluding hydrogens is 331 g/mol. The molecule has 0 aliphatic heterocycles. The SMILES string of the molecule is CC(C)(C)C(=O)C(C)(C)C.CC(C)(C)C(O)C(C)(C)C.ClCCl. The second-order valence-electron chi connectivity index (χ2n) is 10.1. The Morgan fingerprint density at radius 2 is 0.913 bits per heavy atom. The standard InChI is InChI=1S/C9H20O.C9H18O.CH2Cl2/c2*1-8(2,3)7(10)9(4,5)6;2-1-3/h7,10H,1-6H3;1-6H3;1H2. The van der Waals surface area contributed by atoms with Crippen molar-refractivity contribution in [2.45, 2.75) is 89.2 Å². The summed E-state index contributed by atoms with van der Waals surface area (Å²) in [7, 11) is 0. The average molecular weight is 371 g/mol. The minimum atomic E-state index is -0.236. The summed E-state index contributed by atoms with van der Waals surface area (Å²) in [6.45, 7) is 24.1. The maximum absolute atomic E-state index is 11.5. The van der Waals surface area contributed by atoms with Crippen LogP contribution in [0.3, 0.4) is 0 Å². The topological polar surface area (TPSA) is 37.3 Å². The first kappa shape index (κ1) is 28.0. The predicted octanol–water partition coefficient (Wildman–Crippen LogP) is 6.51. The van der Waals surface area contributed by atoms with E-state index >= 15 is 0 Å². The van der Waals surface area contributed by atoms with Gasteiger partial charge in [-0.05, 0) is 10.8 Å². The Morgan fingerprint density at radius 3 is 0.913 bits per heavy atom. The maximum atomic E-state index is 11.5. The molecule has 0 aromatic heterocycles. The normalized spacial score (nSPS) is 12.9. The molecule has 0 saturated carbocycles. The van der Waals surface area contributed by atoms with E-state index in [9.17, 15) is 9.90 Å². The van der Waals surface area contributed by atoms with E-state index in [-0.39, 0.29) is 33.1 Å². The van der Waals surface area contributed by atoms with Crippen molar-refractivity contribution in [3.05, 3.63) is 0 Å². The van der Waals surface area contributed by atoms with Crippen LogP contribution in [0.2, 0.25) is 0 Å². The molecule has 0 radical (unpaired) electrons. The van der Waals surface area contributed by atoms with E-state index in [4.69, 9.17) is 23.2 Å². The lowest BCUT2D eigenvalue weighted by atomic mass is 9.74.